The van der Waals surface area contributed by atoms with E-state index in [9.17, 15) is 9.59 Å². The van der Waals surface area contributed by atoms with Crippen molar-refractivity contribution in [3.63, 3.8) is 0 Å². The molecular formula is C34H54N2O4Si. The van der Waals surface area contributed by atoms with Gasteiger partial charge in [0.1, 0.15) is 17.7 Å². The fraction of sp³-hybridized carbons (Fsp3) is 0.676. The fourth-order valence-corrected chi connectivity index (χ4v) is 7.07. The van der Waals surface area contributed by atoms with Gasteiger partial charge in [0, 0.05) is 31.2 Å². The highest BCUT2D eigenvalue weighted by atomic mass is 28.4. The largest absolute Gasteiger partial charge is 0.457 e. The Morgan fingerprint density at radius 1 is 1.12 bits per heavy atom. The Balaban J connectivity index is 1.87. The van der Waals surface area contributed by atoms with Gasteiger partial charge in [0.25, 0.3) is 0 Å². The third-order valence-corrected chi connectivity index (χ3v) is 14.1. The third-order valence-electron chi connectivity index (χ3n) is 9.65. The fourth-order valence-electron chi connectivity index (χ4n) is 5.60. The lowest BCUT2D eigenvalue weighted by Gasteiger charge is -2.43. The summed E-state index contributed by atoms with van der Waals surface area (Å²) in [6, 6.07) is 6.12. The molecule has 0 amide bonds. The molecule has 7 heteroatoms. The van der Waals surface area contributed by atoms with E-state index in [0.29, 0.717) is 12.8 Å². The van der Waals surface area contributed by atoms with Crippen LogP contribution in [0.4, 0.5) is 0 Å². The van der Waals surface area contributed by atoms with Crippen molar-refractivity contribution in [2.75, 3.05) is 0 Å². The monoisotopic (exact) mass is 582 g/mol. The molecule has 0 unspecified atom stereocenters. The van der Waals surface area contributed by atoms with Gasteiger partial charge in [-0.1, -0.05) is 66.7 Å². The van der Waals surface area contributed by atoms with Crippen molar-refractivity contribution in [3.05, 3.63) is 41.7 Å². The van der Waals surface area contributed by atoms with E-state index in [4.69, 9.17) is 9.16 Å². The molecule has 0 aliphatic carbocycles. The number of nitrogens with zero attached hydrogens (tertiary/aromatic N) is 2. The summed E-state index contributed by atoms with van der Waals surface area (Å²) in [7, 11) is -0.0853. The van der Waals surface area contributed by atoms with Crippen LogP contribution >= 0.6 is 0 Å². The highest BCUT2D eigenvalue weighted by molar-refractivity contribution is 6.74. The van der Waals surface area contributed by atoms with Gasteiger partial charge in [0.05, 0.1) is 17.1 Å². The molecule has 0 saturated heterocycles. The number of aromatic nitrogens is 2. The maximum absolute atomic E-state index is 14.0. The van der Waals surface area contributed by atoms with E-state index in [1.54, 1.807) is 0 Å². The molecule has 0 N–H and O–H groups in total. The van der Waals surface area contributed by atoms with Crippen LogP contribution in [0.1, 0.15) is 104 Å². The molecule has 1 aliphatic rings. The summed E-state index contributed by atoms with van der Waals surface area (Å²) in [5.41, 5.74) is 2.24. The third kappa shape index (κ3) is 7.98. The van der Waals surface area contributed by atoms with Crippen molar-refractivity contribution < 1.29 is 18.8 Å². The summed E-state index contributed by atoms with van der Waals surface area (Å²) < 4.78 is 15.1. The zero-order chi connectivity index (χ0) is 30.8. The number of carbonyl (C=O) groups excluding carboxylic acids is 2. The molecule has 1 aromatic carbocycles. The van der Waals surface area contributed by atoms with E-state index in [1.165, 1.54) is 0 Å². The Labute approximate surface area is 249 Å². The first-order valence-electron chi connectivity index (χ1n) is 15.4. The first-order valence-corrected chi connectivity index (χ1v) is 18.3. The Kier molecular flexibility index (Phi) is 10.5. The van der Waals surface area contributed by atoms with Crippen LogP contribution in [0.3, 0.4) is 0 Å². The van der Waals surface area contributed by atoms with E-state index in [2.05, 4.69) is 62.5 Å². The van der Waals surface area contributed by atoms with Crippen molar-refractivity contribution in [2.45, 2.75) is 124 Å². The van der Waals surface area contributed by atoms with Crippen LogP contribution in [0.25, 0.3) is 11.0 Å². The number of rotatable bonds is 3. The molecule has 4 atom stereocenters. The van der Waals surface area contributed by atoms with Crippen LogP contribution in [-0.2, 0) is 25.8 Å². The molecule has 2 heterocycles. The summed E-state index contributed by atoms with van der Waals surface area (Å²) in [6.07, 6.45) is 8.00. The van der Waals surface area contributed by atoms with Gasteiger partial charge in [0.2, 0.25) is 0 Å². The SMILES string of the molecule is Cc1nc2cc([C@@H]3C/C=C\CCC[C@H](C)[C@H](O[Si](C)(C)C(C)(C)C)[C@@H](C)C(=O)C(C)(C)CCC(=O)O3)ccc2n1C. The summed E-state index contributed by atoms with van der Waals surface area (Å²) >= 11 is 0. The minimum Gasteiger partial charge on any atom is -0.457 e. The van der Waals surface area contributed by atoms with Crippen LogP contribution in [0, 0.1) is 24.2 Å². The van der Waals surface area contributed by atoms with Crippen LogP contribution in [-0.4, -0.2) is 35.7 Å². The molecule has 3 rings (SSSR count). The van der Waals surface area contributed by atoms with E-state index >= 15 is 0 Å². The number of aryl methyl sites for hydroxylation is 2. The Morgan fingerprint density at radius 3 is 2.46 bits per heavy atom. The molecule has 0 spiro atoms. The van der Waals surface area contributed by atoms with Crippen LogP contribution < -0.4 is 0 Å². The van der Waals surface area contributed by atoms with Crippen molar-refractivity contribution in [1.82, 2.24) is 9.55 Å². The lowest BCUT2D eigenvalue weighted by atomic mass is 9.74. The summed E-state index contributed by atoms with van der Waals surface area (Å²) in [4.78, 5) is 31.8. The van der Waals surface area contributed by atoms with Gasteiger partial charge in [0.15, 0.2) is 8.32 Å². The average Bonchev–Trinajstić information content (AvgIpc) is 3.17. The number of allylic oxidation sites excluding steroid dienone is 1. The van der Waals surface area contributed by atoms with E-state index in [0.717, 1.165) is 41.7 Å². The molecule has 0 fully saturated rings. The van der Waals surface area contributed by atoms with Gasteiger partial charge in [-0.15, -0.1) is 0 Å². The topological polar surface area (TPSA) is 70.4 Å². The normalized spacial score (nSPS) is 26.6. The number of ketones is 1. The summed E-state index contributed by atoms with van der Waals surface area (Å²) in [6.45, 7) is 21.5. The quantitative estimate of drug-likeness (QED) is 0.206. The van der Waals surface area contributed by atoms with Crippen molar-refractivity contribution in [2.24, 2.45) is 24.3 Å². The van der Waals surface area contributed by atoms with Gasteiger partial charge in [-0.3, -0.25) is 9.59 Å². The number of imidazole rings is 1. The van der Waals surface area contributed by atoms with E-state index in [1.807, 2.05) is 52.9 Å². The zero-order valence-corrected chi connectivity index (χ0v) is 28.5. The summed E-state index contributed by atoms with van der Waals surface area (Å²) in [5, 5.41) is 0.0588. The number of benzene rings is 1. The lowest BCUT2D eigenvalue weighted by Crippen LogP contribution is -2.50. The molecule has 1 aromatic heterocycles. The molecule has 6 nitrogen and oxygen atoms in total. The average molecular weight is 583 g/mol. The smallest absolute Gasteiger partial charge is 0.306 e. The first kappa shape index (κ1) is 33.3. The van der Waals surface area contributed by atoms with Crippen molar-refractivity contribution in [3.8, 4) is 0 Å². The predicted molar refractivity (Wildman–Crippen MR) is 170 cm³/mol. The molecule has 1 aliphatic heterocycles. The number of carbonyl (C=O) groups is 2. The van der Waals surface area contributed by atoms with Gasteiger partial charge >= 0.3 is 5.97 Å². The number of ether oxygens (including phenoxy) is 1. The second kappa shape index (κ2) is 12.9. The number of cyclic esters (lactones) is 1. The zero-order valence-electron chi connectivity index (χ0n) is 27.5. The standard InChI is InChI=1S/C34H54N2O4Si/c1-23-16-14-12-13-15-17-29(26-18-19-28-27(22-26)35-25(3)36(28)9)39-30(37)20-21-34(7,8)32(38)24(2)31(23)40-41(10,11)33(4,5)6/h13,15,18-19,22-24,29,31H,12,14,16-17,20-21H2,1-11H3/b15-13-/t23-,24+,29-,31-/m0/s1. The summed E-state index contributed by atoms with van der Waals surface area (Å²) in [5.74, 6) is 0.838. The van der Waals surface area contributed by atoms with Crippen LogP contribution in [0.5, 0.6) is 0 Å². The van der Waals surface area contributed by atoms with Crippen LogP contribution in [0.2, 0.25) is 18.1 Å². The highest BCUT2D eigenvalue weighted by Gasteiger charge is 2.44. The van der Waals surface area contributed by atoms with Gasteiger partial charge in [-0.2, -0.15) is 0 Å². The lowest BCUT2D eigenvalue weighted by molar-refractivity contribution is -0.150. The second-order valence-corrected chi connectivity index (χ2v) is 19.2. The minimum absolute atomic E-state index is 0.0588. The number of hydrogen-bond donors (Lipinski definition) is 0. The van der Waals surface area contributed by atoms with Gasteiger partial charge in [-0.25, -0.2) is 4.98 Å². The Morgan fingerprint density at radius 2 is 1.80 bits per heavy atom. The molecule has 0 bridgehead atoms. The molecular weight excluding hydrogens is 528 g/mol. The maximum atomic E-state index is 14.0. The Bertz CT molecular complexity index is 1250. The number of Topliss-reactive ketones (excluding diaryl/α,β-unsaturated/α-hetero) is 1. The number of esters is 1. The van der Waals surface area contributed by atoms with E-state index < -0.39 is 19.8 Å². The van der Waals surface area contributed by atoms with Crippen LogP contribution in [0.15, 0.2) is 30.4 Å². The minimum atomic E-state index is -2.09. The molecule has 0 saturated carbocycles. The number of hydrogen-bond acceptors (Lipinski definition) is 5. The predicted octanol–water partition coefficient (Wildman–Crippen LogP) is 8.63. The molecule has 228 valence electrons. The number of fused-ring (bicyclic) bond motifs is 1. The maximum Gasteiger partial charge on any atom is 0.306 e. The van der Waals surface area contributed by atoms with E-state index in [-0.39, 0.29) is 41.2 Å². The Hall–Kier alpha value is -2.25. The highest BCUT2D eigenvalue weighted by Crippen LogP contribution is 2.41. The first-order chi connectivity index (χ1) is 18.9. The van der Waals surface area contributed by atoms with Gasteiger partial charge in [-0.05, 0) is 74.4 Å². The molecule has 2 aromatic rings. The van der Waals surface area contributed by atoms with Gasteiger partial charge < -0.3 is 13.7 Å². The molecule has 41 heavy (non-hydrogen) atoms. The van der Waals surface area contributed by atoms with Crippen molar-refractivity contribution >= 4 is 31.1 Å². The molecule has 0 radical (unpaired) electrons. The second-order valence-electron chi connectivity index (χ2n) is 14.4. The van der Waals surface area contributed by atoms with Crippen molar-refractivity contribution in [1.29, 1.82) is 0 Å².